The van der Waals surface area contributed by atoms with E-state index in [1.165, 1.54) is 0 Å². The van der Waals surface area contributed by atoms with Crippen molar-refractivity contribution in [2.75, 3.05) is 13.1 Å². The van der Waals surface area contributed by atoms with Crippen LogP contribution in [0.15, 0.2) is 78.9 Å². The van der Waals surface area contributed by atoms with E-state index < -0.39 is 5.60 Å². The van der Waals surface area contributed by atoms with Crippen molar-refractivity contribution in [2.45, 2.75) is 38.4 Å². The Bertz CT molecular complexity index is 1240. The third-order valence-corrected chi connectivity index (χ3v) is 6.78. The van der Waals surface area contributed by atoms with Crippen molar-refractivity contribution in [1.29, 1.82) is 0 Å². The summed E-state index contributed by atoms with van der Waals surface area (Å²) in [5.74, 6) is 1.56. The zero-order valence-corrected chi connectivity index (χ0v) is 19.9. The summed E-state index contributed by atoms with van der Waals surface area (Å²) in [6.07, 6.45) is 5.12. The maximum atomic E-state index is 12.8. The number of Topliss-reactive ketones (excluding diaryl/α,β-unsaturated/α-hetero) is 1. The van der Waals surface area contributed by atoms with E-state index in [0.717, 1.165) is 22.4 Å². The molecular weight excluding hydrogens is 438 g/mol. The lowest BCUT2D eigenvalue weighted by Crippen LogP contribution is -2.52. The monoisotopic (exact) mass is 467 g/mol. The van der Waals surface area contributed by atoms with Crippen LogP contribution in [0.1, 0.15) is 46.3 Å². The van der Waals surface area contributed by atoms with Gasteiger partial charge >= 0.3 is 0 Å². The van der Waals surface area contributed by atoms with Gasteiger partial charge in [0.2, 0.25) is 5.91 Å². The summed E-state index contributed by atoms with van der Waals surface area (Å²) < 4.78 is 12.1. The molecule has 0 bridgehead atoms. The lowest BCUT2D eigenvalue weighted by Gasteiger charge is -2.43. The van der Waals surface area contributed by atoms with E-state index in [9.17, 15) is 9.59 Å². The number of carbonyl (C=O) groups is 2. The molecule has 5 heteroatoms. The second-order valence-corrected chi connectivity index (χ2v) is 9.39. The maximum Gasteiger partial charge on any atom is 0.246 e. The van der Waals surface area contributed by atoms with Crippen molar-refractivity contribution in [2.24, 2.45) is 0 Å². The van der Waals surface area contributed by atoms with Gasteiger partial charge in [0.05, 0.1) is 12.0 Å². The second-order valence-electron chi connectivity index (χ2n) is 9.39. The third-order valence-electron chi connectivity index (χ3n) is 6.78. The zero-order chi connectivity index (χ0) is 24.3. The molecule has 0 aromatic heterocycles. The highest BCUT2D eigenvalue weighted by Gasteiger charge is 2.43. The number of rotatable bonds is 5. The quantitative estimate of drug-likeness (QED) is 0.458. The number of amides is 1. The first-order valence-electron chi connectivity index (χ1n) is 12.1. The Labute approximate surface area is 206 Å². The molecule has 5 rings (SSSR count). The highest BCUT2D eigenvalue weighted by Crippen LogP contribution is 2.39. The molecular formula is C30H29NO4. The predicted molar refractivity (Wildman–Crippen MR) is 136 cm³/mol. The minimum absolute atomic E-state index is 0.0255. The molecule has 0 N–H and O–H groups in total. The summed E-state index contributed by atoms with van der Waals surface area (Å²) >= 11 is 0. The second kappa shape index (κ2) is 9.79. The van der Waals surface area contributed by atoms with E-state index in [1.807, 2.05) is 90.7 Å². The maximum absolute atomic E-state index is 12.8. The van der Waals surface area contributed by atoms with E-state index in [0.29, 0.717) is 50.3 Å². The van der Waals surface area contributed by atoms with Crippen LogP contribution in [0, 0.1) is 6.92 Å². The van der Waals surface area contributed by atoms with Crippen molar-refractivity contribution >= 4 is 17.8 Å². The fourth-order valence-corrected chi connectivity index (χ4v) is 4.71. The van der Waals surface area contributed by atoms with Crippen molar-refractivity contribution < 1.29 is 19.1 Å². The number of ketones is 1. The summed E-state index contributed by atoms with van der Waals surface area (Å²) in [7, 11) is 0. The average molecular weight is 468 g/mol. The van der Waals surface area contributed by atoms with E-state index in [2.05, 4.69) is 0 Å². The molecule has 5 nitrogen and oxygen atoms in total. The van der Waals surface area contributed by atoms with Gasteiger partial charge in [0.25, 0.3) is 0 Å². The lowest BCUT2D eigenvalue weighted by atomic mass is 9.82. The minimum atomic E-state index is -0.505. The number of nitrogens with zero attached hydrogens (tertiary/aromatic N) is 1. The first-order valence-corrected chi connectivity index (χ1v) is 12.1. The summed E-state index contributed by atoms with van der Waals surface area (Å²) in [5.41, 5.74) is 3.28. The molecule has 3 aromatic carbocycles. The Morgan fingerprint density at radius 2 is 1.77 bits per heavy atom. The molecule has 0 unspecified atom stereocenters. The van der Waals surface area contributed by atoms with Gasteiger partial charge in [-0.2, -0.15) is 0 Å². The largest absolute Gasteiger partial charge is 0.489 e. The van der Waals surface area contributed by atoms with Crippen LogP contribution in [0.2, 0.25) is 0 Å². The Morgan fingerprint density at radius 3 is 2.51 bits per heavy atom. The van der Waals surface area contributed by atoms with Crippen LogP contribution >= 0.6 is 0 Å². The van der Waals surface area contributed by atoms with Gasteiger partial charge in [0, 0.05) is 32.0 Å². The molecule has 1 amide bonds. The molecule has 1 spiro atoms. The molecule has 0 atom stereocenters. The highest BCUT2D eigenvalue weighted by atomic mass is 16.5. The summed E-state index contributed by atoms with van der Waals surface area (Å²) in [6.45, 7) is 3.64. The normalized spacial score (nSPS) is 16.7. The van der Waals surface area contributed by atoms with Gasteiger partial charge in [-0.25, -0.2) is 0 Å². The lowest BCUT2D eigenvalue weighted by molar-refractivity contribution is -0.129. The van der Waals surface area contributed by atoms with Gasteiger partial charge in [-0.1, -0.05) is 54.1 Å². The van der Waals surface area contributed by atoms with E-state index in [4.69, 9.17) is 9.47 Å². The van der Waals surface area contributed by atoms with Gasteiger partial charge in [-0.3, -0.25) is 9.59 Å². The molecule has 2 aliphatic rings. The van der Waals surface area contributed by atoms with Crippen molar-refractivity contribution in [1.82, 2.24) is 4.90 Å². The van der Waals surface area contributed by atoms with Crippen molar-refractivity contribution in [3.05, 3.63) is 101 Å². The topological polar surface area (TPSA) is 55.8 Å². The van der Waals surface area contributed by atoms with E-state index >= 15 is 0 Å². The highest BCUT2D eigenvalue weighted by molar-refractivity contribution is 6.00. The van der Waals surface area contributed by atoms with Gasteiger partial charge < -0.3 is 14.4 Å². The number of likely N-dealkylation sites (tertiary alicyclic amines) is 1. The minimum Gasteiger partial charge on any atom is -0.489 e. The number of carbonyl (C=O) groups excluding carboxylic acids is 2. The molecule has 0 aliphatic carbocycles. The van der Waals surface area contributed by atoms with Gasteiger partial charge in [-0.15, -0.1) is 0 Å². The molecule has 1 fully saturated rings. The summed E-state index contributed by atoms with van der Waals surface area (Å²) in [6, 6.07) is 23.5. The first-order chi connectivity index (χ1) is 17.0. The first kappa shape index (κ1) is 22.9. The number of aryl methyl sites for hydroxylation is 1. The van der Waals surface area contributed by atoms with E-state index in [-0.39, 0.29) is 11.7 Å². The average Bonchev–Trinajstić information content (AvgIpc) is 2.88. The molecule has 2 heterocycles. The van der Waals surface area contributed by atoms with Gasteiger partial charge in [-0.05, 0) is 48.4 Å². The molecule has 2 aliphatic heterocycles. The number of benzene rings is 3. The number of ether oxygens (including phenoxy) is 2. The summed E-state index contributed by atoms with van der Waals surface area (Å²) in [5, 5.41) is 0. The van der Waals surface area contributed by atoms with Crippen LogP contribution in [0.4, 0.5) is 0 Å². The van der Waals surface area contributed by atoms with Gasteiger partial charge in [0.15, 0.2) is 5.78 Å². The standard InChI is InChI=1S/C30H29NO4/c1-22-7-13-28-26(19-22)27(32)20-30(35-28)15-17-31(18-16-30)29(33)14-10-23-8-11-25(12-9-23)34-21-24-5-3-2-4-6-24/h2-14,19H,15-18,20-21H2,1H3/b14-10+. The molecule has 35 heavy (non-hydrogen) atoms. The van der Waals surface area contributed by atoms with Crippen LogP contribution in [-0.2, 0) is 11.4 Å². The van der Waals surface area contributed by atoms with Crippen LogP contribution in [0.3, 0.4) is 0 Å². The number of hydrogen-bond donors (Lipinski definition) is 0. The SMILES string of the molecule is Cc1ccc2c(c1)C(=O)CC1(CCN(C(=O)/C=C/c3ccc(OCc4ccccc4)cc3)CC1)O2. The number of fused-ring (bicyclic) bond motifs is 1. The zero-order valence-electron chi connectivity index (χ0n) is 19.9. The Kier molecular flexibility index (Phi) is 6.41. The van der Waals surface area contributed by atoms with Crippen LogP contribution < -0.4 is 9.47 Å². The predicted octanol–water partition coefficient (Wildman–Crippen LogP) is 5.61. The Balaban J connectivity index is 1.14. The van der Waals surface area contributed by atoms with Crippen molar-refractivity contribution in [3.8, 4) is 11.5 Å². The fraction of sp³-hybridized carbons (Fsp3) is 0.267. The van der Waals surface area contributed by atoms with Crippen molar-refractivity contribution in [3.63, 3.8) is 0 Å². The Morgan fingerprint density at radius 1 is 1.03 bits per heavy atom. The fourth-order valence-electron chi connectivity index (χ4n) is 4.71. The van der Waals surface area contributed by atoms with Gasteiger partial charge in [0.1, 0.15) is 23.7 Å². The van der Waals surface area contributed by atoms with Crippen LogP contribution in [0.25, 0.3) is 6.08 Å². The van der Waals surface area contributed by atoms with E-state index in [1.54, 1.807) is 6.08 Å². The number of piperidine rings is 1. The molecule has 1 saturated heterocycles. The molecule has 3 aromatic rings. The molecule has 0 radical (unpaired) electrons. The van der Waals surface area contributed by atoms with Crippen LogP contribution in [0.5, 0.6) is 11.5 Å². The molecule has 178 valence electrons. The number of hydrogen-bond acceptors (Lipinski definition) is 4. The third kappa shape index (κ3) is 5.29. The van der Waals surface area contributed by atoms with Crippen LogP contribution in [-0.4, -0.2) is 35.3 Å². The Hall–Kier alpha value is -3.86. The summed E-state index contributed by atoms with van der Waals surface area (Å²) in [4.78, 5) is 27.3. The smallest absolute Gasteiger partial charge is 0.246 e. The molecule has 0 saturated carbocycles.